The Bertz CT molecular complexity index is 888. The van der Waals surface area contributed by atoms with Crippen LogP contribution < -0.4 is 4.90 Å². The van der Waals surface area contributed by atoms with Crippen LogP contribution >= 0.6 is 11.3 Å². The lowest BCUT2D eigenvalue weighted by Crippen LogP contribution is -2.33. The molecule has 5 rings (SSSR count). The summed E-state index contributed by atoms with van der Waals surface area (Å²) >= 11 is 1.79. The minimum atomic E-state index is 0.401. The number of fused-ring (bicyclic) bond motifs is 2. The second-order valence-corrected chi connectivity index (χ2v) is 7.80. The van der Waals surface area contributed by atoms with Gasteiger partial charge in [0.1, 0.15) is 0 Å². The molecular weight excluding hydrogens is 336 g/mol. The van der Waals surface area contributed by atoms with Gasteiger partial charge in [-0.15, -0.1) is 10.2 Å². The van der Waals surface area contributed by atoms with Crippen LogP contribution in [0, 0.1) is 6.92 Å². The predicted molar refractivity (Wildman–Crippen MR) is 95.2 cm³/mol. The third-order valence-electron chi connectivity index (χ3n) is 5.03. The molecule has 3 aromatic heterocycles. The molecule has 0 unspecified atom stereocenters. The molecule has 0 aromatic carbocycles. The van der Waals surface area contributed by atoms with Gasteiger partial charge in [0.05, 0.1) is 29.5 Å². The number of hydrogen-bond donors (Lipinski definition) is 0. The maximum Gasteiger partial charge on any atom is 0.185 e. The smallest absolute Gasteiger partial charge is 0.185 e. The molecule has 2 aliphatic rings. The van der Waals surface area contributed by atoms with Crippen molar-refractivity contribution >= 4 is 22.1 Å². The van der Waals surface area contributed by atoms with Crippen LogP contribution in [0.15, 0.2) is 12.1 Å². The van der Waals surface area contributed by atoms with E-state index in [1.165, 1.54) is 10.6 Å². The van der Waals surface area contributed by atoms with E-state index in [9.17, 15) is 0 Å². The van der Waals surface area contributed by atoms with Gasteiger partial charge in [-0.1, -0.05) is 11.3 Å². The average Bonchev–Trinajstić information content (AvgIpc) is 3.25. The van der Waals surface area contributed by atoms with Crippen molar-refractivity contribution in [3.8, 4) is 0 Å². The topological polar surface area (TPSA) is 68.4 Å². The van der Waals surface area contributed by atoms with Crippen molar-refractivity contribution in [2.45, 2.75) is 38.7 Å². The molecular formula is C17H20N6OS. The summed E-state index contributed by atoms with van der Waals surface area (Å²) in [4.78, 5) is 8.54. The highest BCUT2D eigenvalue weighted by Crippen LogP contribution is 2.34. The summed E-state index contributed by atoms with van der Waals surface area (Å²) in [5, 5.41) is 14.4. The van der Waals surface area contributed by atoms with E-state index >= 15 is 0 Å². The van der Waals surface area contributed by atoms with Gasteiger partial charge in [-0.05, 0) is 31.9 Å². The SMILES string of the molecule is Cc1ccc2nnc(C3CCN(c4nc5c(s4)COCC5)CC3)n2n1. The molecule has 8 heteroatoms. The Morgan fingerprint density at radius 1 is 1.20 bits per heavy atom. The molecule has 5 heterocycles. The zero-order valence-electron chi connectivity index (χ0n) is 14.2. The number of aryl methyl sites for hydroxylation is 1. The lowest BCUT2D eigenvalue weighted by molar-refractivity contribution is 0.112. The van der Waals surface area contributed by atoms with Crippen LogP contribution in [0.2, 0.25) is 0 Å². The van der Waals surface area contributed by atoms with Crippen molar-refractivity contribution in [3.63, 3.8) is 0 Å². The molecule has 0 radical (unpaired) electrons. The Balaban J connectivity index is 1.34. The van der Waals surface area contributed by atoms with Crippen molar-refractivity contribution in [1.29, 1.82) is 0 Å². The van der Waals surface area contributed by atoms with Gasteiger partial charge in [0.25, 0.3) is 0 Å². The van der Waals surface area contributed by atoms with Gasteiger partial charge in [0.15, 0.2) is 16.6 Å². The minimum Gasteiger partial charge on any atom is -0.375 e. The number of thiazole rings is 1. The normalized spacial score (nSPS) is 18.7. The number of rotatable bonds is 2. The van der Waals surface area contributed by atoms with E-state index in [-0.39, 0.29) is 0 Å². The second-order valence-electron chi connectivity index (χ2n) is 6.73. The first kappa shape index (κ1) is 15.2. The van der Waals surface area contributed by atoms with Crippen LogP contribution in [0.5, 0.6) is 0 Å². The van der Waals surface area contributed by atoms with E-state index in [2.05, 4.69) is 20.2 Å². The van der Waals surface area contributed by atoms with E-state index in [4.69, 9.17) is 9.72 Å². The Hall–Kier alpha value is -2.06. The molecule has 0 saturated carbocycles. The van der Waals surface area contributed by atoms with Crippen LogP contribution in [0.1, 0.15) is 40.8 Å². The molecule has 3 aromatic rings. The van der Waals surface area contributed by atoms with Crippen LogP contribution in [0.25, 0.3) is 5.65 Å². The third kappa shape index (κ3) is 2.69. The molecule has 1 fully saturated rings. The van der Waals surface area contributed by atoms with Crippen molar-refractivity contribution < 1.29 is 4.74 Å². The largest absolute Gasteiger partial charge is 0.375 e. The van der Waals surface area contributed by atoms with Crippen molar-refractivity contribution in [2.24, 2.45) is 0 Å². The van der Waals surface area contributed by atoms with Gasteiger partial charge in [0, 0.05) is 25.4 Å². The first-order valence-corrected chi connectivity index (χ1v) is 9.60. The molecule has 0 amide bonds. The maximum absolute atomic E-state index is 5.54. The van der Waals surface area contributed by atoms with Gasteiger partial charge >= 0.3 is 0 Å². The number of ether oxygens (including phenoxy) is 1. The fourth-order valence-electron chi connectivity index (χ4n) is 3.63. The summed E-state index contributed by atoms with van der Waals surface area (Å²) in [6.45, 7) is 5.52. The van der Waals surface area contributed by atoms with Crippen LogP contribution in [0.3, 0.4) is 0 Å². The first-order chi connectivity index (χ1) is 12.3. The number of aromatic nitrogens is 5. The molecule has 0 bridgehead atoms. The van der Waals surface area contributed by atoms with E-state index in [1.807, 2.05) is 23.6 Å². The number of hydrogen-bond acceptors (Lipinski definition) is 7. The summed E-state index contributed by atoms with van der Waals surface area (Å²) in [6.07, 6.45) is 3.05. The maximum atomic E-state index is 5.54. The van der Waals surface area contributed by atoms with Crippen molar-refractivity contribution in [1.82, 2.24) is 24.8 Å². The van der Waals surface area contributed by atoms with Crippen molar-refractivity contribution in [2.75, 3.05) is 24.6 Å². The zero-order chi connectivity index (χ0) is 16.8. The van der Waals surface area contributed by atoms with Gasteiger partial charge in [-0.3, -0.25) is 0 Å². The summed E-state index contributed by atoms with van der Waals surface area (Å²) in [7, 11) is 0. The summed E-state index contributed by atoms with van der Waals surface area (Å²) < 4.78 is 7.45. The molecule has 1 saturated heterocycles. The average molecular weight is 356 g/mol. The molecule has 0 aliphatic carbocycles. The number of nitrogens with zero attached hydrogens (tertiary/aromatic N) is 6. The lowest BCUT2D eigenvalue weighted by atomic mass is 9.96. The van der Waals surface area contributed by atoms with E-state index in [1.54, 1.807) is 11.3 Å². The van der Waals surface area contributed by atoms with Crippen molar-refractivity contribution in [3.05, 3.63) is 34.2 Å². The Morgan fingerprint density at radius 2 is 2.08 bits per heavy atom. The summed E-state index contributed by atoms with van der Waals surface area (Å²) in [5.74, 6) is 1.39. The van der Waals surface area contributed by atoms with Gasteiger partial charge < -0.3 is 9.64 Å². The Kier molecular flexibility index (Phi) is 3.67. The molecule has 130 valence electrons. The fraction of sp³-hybridized carbons (Fsp3) is 0.529. The Labute approximate surface area is 149 Å². The number of piperidine rings is 1. The fourth-order valence-corrected chi connectivity index (χ4v) is 4.72. The quantitative estimate of drug-likeness (QED) is 0.702. The molecule has 2 aliphatic heterocycles. The van der Waals surface area contributed by atoms with Gasteiger partial charge in [0.2, 0.25) is 0 Å². The van der Waals surface area contributed by atoms with E-state index < -0.39 is 0 Å². The molecule has 0 spiro atoms. The third-order valence-corrected chi connectivity index (χ3v) is 6.17. The summed E-state index contributed by atoms with van der Waals surface area (Å²) in [6, 6.07) is 3.96. The number of anilines is 1. The van der Waals surface area contributed by atoms with Crippen LogP contribution in [-0.4, -0.2) is 44.5 Å². The minimum absolute atomic E-state index is 0.401. The van der Waals surface area contributed by atoms with Gasteiger partial charge in [-0.25, -0.2) is 4.98 Å². The zero-order valence-corrected chi connectivity index (χ0v) is 15.0. The molecule has 0 N–H and O–H groups in total. The standard InChI is InChI=1S/C17H20N6OS/c1-11-2-3-15-19-20-16(23(15)21-11)12-4-7-22(8-5-12)17-18-13-6-9-24-10-14(13)25-17/h2-3,12H,4-10H2,1H3. The Morgan fingerprint density at radius 3 is 2.92 bits per heavy atom. The highest BCUT2D eigenvalue weighted by molar-refractivity contribution is 7.15. The first-order valence-electron chi connectivity index (χ1n) is 8.78. The molecule has 0 atom stereocenters. The van der Waals surface area contributed by atoms with Gasteiger partial charge in [-0.2, -0.15) is 9.61 Å². The lowest BCUT2D eigenvalue weighted by Gasteiger charge is -2.30. The van der Waals surface area contributed by atoms with Crippen LogP contribution in [0.4, 0.5) is 5.13 Å². The second kappa shape index (κ2) is 6.03. The summed E-state index contributed by atoms with van der Waals surface area (Å²) in [5.41, 5.74) is 3.05. The van der Waals surface area contributed by atoms with E-state index in [0.29, 0.717) is 5.92 Å². The highest BCUT2D eigenvalue weighted by Gasteiger charge is 2.27. The molecule has 25 heavy (non-hydrogen) atoms. The molecule has 7 nitrogen and oxygen atoms in total. The highest BCUT2D eigenvalue weighted by atomic mass is 32.1. The van der Waals surface area contributed by atoms with Crippen LogP contribution in [-0.2, 0) is 17.8 Å². The monoisotopic (exact) mass is 356 g/mol. The van der Waals surface area contributed by atoms with E-state index in [0.717, 1.165) is 67.9 Å². The predicted octanol–water partition coefficient (Wildman–Crippen LogP) is 2.35.